The first-order valence-corrected chi connectivity index (χ1v) is 16.2. The van der Waals surface area contributed by atoms with E-state index in [1.54, 1.807) is 41.4 Å². The number of nitrogens with zero attached hydrogens (tertiary/aromatic N) is 5. The number of fused-ring (bicyclic) bond motifs is 1. The van der Waals surface area contributed by atoms with Gasteiger partial charge in [-0.05, 0) is 55.5 Å². The number of anilines is 1. The van der Waals surface area contributed by atoms with Gasteiger partial charge in [0.05, 0.1) is 10.3 Å². The molecule has 3 aromatic carbocycles. The second-order valence-electron chi connectivity index (χ2n) is 11.1. The molecular formula is C34H35N5O4S. The zero-order valence-electron chi connectivity index (χ0n) is 24.6. The number of amides is 1. The average molecular weight is 610 g/mol. The van der Waals surface area contributed by atoms with Crippen molar-refractivity contribution in [3.05, 3.63) is 120 Å². The lowest BCUT2D eigenvalue weighted by Crippen LogP contribution is -2.51. The van der Waals surface area contributed by atoms with Crippen molar-refractivity contribution in [1.82, 2.24) is 18.8 Å². The number of aromatic nitrogens is 3. The lowest BCUT2D eigenvalue weighted by molar-refractivity contribution is 0.0855. The van der Waals surface area contributed by atoms with Crippen LogP contribution in [0.3, 0.4) is 0 Å². The number of piperidine rings is 1. The van der Waals surface area contributed by atoms with Gasteiger partial charge in [-0.25, -0.2) is 27.2 Å². The van der Waals surface area contributed by atoms with E-state index in [4.69, 9.17) is 9.72 Å². The van der Waals surface area contributed by atoms with Crippen LogP contribution in [0.1, 0.15) is 29.5 Å². The van der Waals surface area contributed by atoms with Gasteiger partial charge in [0.25, 0.3) is 10.0 Å². The van der Waals surface area contributed by atoms with E-state index < -0.39 is 10.0 Å². The Morgan fingerprint density at radius 1 is 0.932 bits per heavy atom. The monoisotopic (exact) mass is 609 g/mol. The quantitative estimate of drug-likeness (QED) is 0.208. The molecule has 0 N–H and O–H groups in total. The number of rotatable bonds is 9. The van der Waals surface area contributed by atoms with Crippen molar-refractivity contribution in [2.75, 3.05) is 24.5 Å². The Kier molecular flexibility index (Phi) is 8.60. The first-order chi connectivity index (χ1) is 21.4. The molecule has 10 heteroatoms. The van der Waals surface area contributed by atoms with Crippen LogP contribution in [-0.2, 0) is 27.8 Å². The summed E-state index contributed by atoms with van der Waals surface area (Å²) in [7, 11) is -3.87. The maximum atomic E-state index is 13.6. The molecule has 0 aliphatic carbocycles. The topological polar surface area (TPSA) is 97.6 Å². The van der Waals surface area contributed by atoms with Gasteiger partial charge in [0.1, 0.15) is 18.8 Å². The molecule has 0 bridgehead atoms. The number of carbonyl (C=O) groups is 1. The molecule has 1 aliphatic heterocycles. The molecule has 1 atom stereocenters. The zero-order chi connectivity index (χ0) is 30.5. The van der Waals surface area contributed by atoms with Crippen molar-refractivity contribution in [3.8, 4) is 0 Å². The van der Waals surface area contributed by atoms with E-state index in [0.717, 1.165) is 30.4 Å². The largest absolute Gasteiger partial charge is 0.445 e. The Bertz CT molecular complexity index is 1830. The minimum atomic E-state index is -3.87. The van der Waals surface area contributed by atoms with E-state index in [1.807, 2.05) is 55.5 Å². The van der Waals surface area contributed by atoms with Crippen LogP contribution in [-0.4, -0.2) is 59.0 Å². The molecule has 44 heavy (non-hydrogen) atoms. The number of aryl methyl sites for hydroxylation is 1. The van der Waals surface area contributed by atoms with Gasteiger partial charge in [0.2, 0.25) is 0 Å². The van der Waals surface area contributed by atoms with Crippen LogP contribution >= 0.6 is 0 Å². The predicted octanol–water partition coefficient (Wildman–Crippen LogP) is 5.83. The minimum absolute atomic E-state index is 0.0492. The van der Waals surface area contributed by atoms with Crippen LogP contribution in [0.15, 0.2) is 108 Å². The maximum Gasteiger partial charge on any atom is 0.410 e. The molecule has 3 heterocycles. The third-order valence-corrected chi connectivity index (χ3v) is 9.74. The number of hydrogen-bond acceptors (Lipinski definition) is 7. The van der Waals surface area contributed by atoms with Crippen LogP contribution in [0.25, 0.3) is 11.0 Å². The van der Waals surface area contributed by atoms with E-state index in [9.17, 15) is 13.2 Å². The van der Waals surface area contributed by atoms with Gasteiger partial charge in [-0.1, -0.05) is 78.4 Å². The molecule has 9 nitrogen and oxygen atoms in total. The Morgan fingerprint density at radius 2 is 1.64 bits per heavy atom. The summed E-state index contributed by atoms with van der Waals surface area (Å²) in [6.07, 6.45) is 5.04. The molecule has 0 unspecified atom stereocenters. The van der Waals surface area contributed by atoms with E-state index in [0.29, 0.717) is 36.5 Å². The fraction of sp³-hybridized carbons (Fsp3) is 0.265. The molecule has 1 aliphatic rings. The summed E-state index contributed by atoms with van der Waals surface area (Å²) < 4.78 is 34.1. The second-order valence-corrected chi connectivity index (χ2v) is 12.9. The lowest BCUT2D eigenvalue weighted by Gasteiger charge is -2.39. The Balaban J connectivity index is 1.30. The number of likely N-dealkylation sites (tertiary alicyclic amines) is 1. The van der Waals surface area contributed by atoms with Gasteiger partial charge >= 0.3 is 6.09 Å². The smallest absolute Gasteiger partial charge is 0.410 e. The standard InChI is InChI=1S/C34H35N5O4S/c1-26-14-16-30(17-15-26)44(41,42)39-22-19-31-32(35-25-36-33(31)39)38(21-18-27-9-4-2-5-10-27)29-13-8-20-37(23-29)34(40)43-24-28-11-6-3-7-12-28/h2-7,9-12,14-17,19,22,25,29H,8,13,18,20-21,23-24H2,1H3/t29-/m0/s1. The number of ether oxygens (including phenoxy) is 1. The predicted molar refractivity (Wildman–Crippen MR) is 170 cm³/mol. The van der Waals surface area contributed by atoms with Crippen molar-refractivity contribution in [2.24, 2.45) is 0 Å². The highest BCUT2D eigenvalue weighted by Gasteiger charge is 2.31. The normalized spacial score (nSPS) is 15.3. The third-order valence-electron chi connectivity index (χ3n) is 8.06. The molecule has 0 spiro atoms. The highest BCUT2D eigenvalue weighted by molar-refractivity contribution is 7.90. The van der Waals surface area contributed by atoms with Gasteiger partial charge in [-0.15, -0.1) is 0 Å². The number of hydrogen-bond donors (Lipinski definition) is 0. The van der Waals surface area contributed by atoms with E-state index in [2.05, 4.69) is 22.0 Å². The molecule has 1 saturated heterocycles. The van der Waals surface area contributed by atoms with Gasteiger partial charge in [0.15, 0.2) is 5.65 Å². The van der Waals surface area contributed by atoms with E-state index >= 15 is 0 Å². The van der Waals surface area contributed by atoms with Crippen molar-refractivity contribution < 1.29 is 17.9 Å². The summed E-state index contributed by atoms with van der Waals surface area (Å²) in [4.78, 5) is 26.4. The summed E-state index contributed by atoms with van der Waals surface area (Å²) in [6.45, 7) is 3.84. The average Bonchev–Trinajstić information content (AvgIpc) is 3.51. The number of benzene rings is 3. The molecule has 2 aromatic heterocycles. The first-order valence-electron chi connectivity index (χ1n) is 14.8. The summed E-state index contributed by atoms with van der Waals surface area (Å²) in [5.41, 5.74) is 3.41. The van der Waals surface area contributed by atoms with E-state index in [1.165, 1.54) is 15.9 Å². The molecule has 226 valence electrons. The van der Waals surface area contributed by atoms with Gasteiger partial charge in [-0.2, -0.15) is 0 Å². The minimum Gasteiger partial charge on any atom is -0.445 e. The first kappa shape index (κ1) is 29.4. The molecule has 5 aromatic rings. The number of carbonyl (C=O) groups excluding carboxylic acids is 1. The Morgan fingerprint density at radius 3 is 2.36 bits per heavy atom. The molecule has 6 rings (SSSR count). The van der Waals surface area contributed by atoms with Crippen LogP contribution < -0.4 is 4.90 Å². The van der Waals surface area contributed by atoms with Gasteiger partial charge < -0.3 is 14.5 Å². The van der Waals surface area contributed by atoms with Crippen LogP contribution in [0.4, 0.5) is 10.6 Å². The summed E-state index contributed by atoms with van der Waals surface area (Å²) in [5.74, 6) is 0.647. The van der Waals surface area contributed by atoms with Crippen LogP contribution in [0.5, 0.6) is 0 Å². The zero-order valence-corrected chi connectivity index (χ0v) is 25.4. The molecular weight excluding hydrogens is 574 g/mol. The lowest BCUT2D eigenvalue weighted by atomic mass is 10.0. The highest BCUT2D eigenvalue weighted by atomic mass is 32.2. The fourth-order valence-corrected chi connectivity index (χ4v) is 7.00. The summed E-state index contributed by atoms with van der Waals surface area (Å²) >= 11 is 0. The molecule has 1 amide bonds. The molecule has 1 fully saturated rings. The van der Waals surface area contributed by atoms with Crippen molar-refractivity contribution in [1.29, 1.82) is 0 Å². The third kappa shape index (κ3) is 6.30. The second kappa shape index (κ2) is 12.9. The summed E-state index contributed by atoms with van der Waals surface area (Å²) in [5, 5.41) is 0.639. The Hall–Kier alpha value is -4.70. The highest BCUT2D eigenvalue weighted by Crippen LogP contribution is 2.31. The van der Waals surface area contributed by atoms with Crippen LogP contribution in [0, 0.1) is 6.92 Å². The van der Waals surface area contributed by atoms with E-state index in [-0.39, 0.29) is 23.6 Å². The Labute approximate surface area is 257 Å². The van der Waals surface area contributed by atoms with Crippen molar-refractivity contribution >= 4 is 33.0 Å². The van der Waals surface area contributed by atoms with Crippen LogP contribution in [0.2, 0.25) is 0 Å². The maximum absolute atomic E-state index is 13.6. The van der Waals surface area contributed by atoms with Crippen molar-refractivity contribution in [2.45, 2.75) is 43.7 Å². The fourth-order valence-electron chi connectivity index (χ4n) is 5.70. The summed E-state index contributed by atoms with van der Waals surface area (Å²) in [6, 6.07) is 28.3. The SMILES string of the molecule is Cc1ccc(S(=O)(=O)n2ccc3c(N(CCc4ccccc4)[C@H]4CCCN(C(=O)OCc5ccccc5)C4)ncnc32)cc1. The van der Waals surface area contributed by atoms with Gasteiger partial charge in [-0.3, -0.25) is 0 Å². The van der Waals surface area contributed by atoms with Gasteiger partial charge in [0, 0.05) is 31.9 Å². The van der Waals surface area contributed by atoms with Crippen molar-refractivity contribution in [3.63, 3.8) is 0 Å². The molecule has 0 saturated carbocycles. The molecule has 0 radical (unpaired) electrons.